The maximum atomic E-state index is 6.29. The van der Waals surface area contributed by atoms with E-state index < -0.39 is 0 Å². The fourth-order valence-electron chi connectivity index (χ4n) is 2.34. The third-order valence-corrected chi connectivity index (χ3v) is 3.59. The first kappa shape index (κ1) is 13.2. The summed E-state index contributed by atoms with van der Waals surface area (Å²) in [6.45, 7) is 1.37. The van der Waals surface area contributed by atoms with Crippen molar-refractivity contribution in [2.24, 2.45) is 0 Å². The average molecular weight is 287 g/mol. The monoisotopic (exact) mass is 286 g/mol. The number of rotatable bonds is 2. The van der Waals surface area contributed by atoms with E-state index >= 15 is 0 Å². The molecule has 0 fully saturated rings. The number of nitrogen functional groups attached to an aromatic ring is 1. The van der Waals surface area contributed by atoms with Gasteiger partial charge in [-0.25, -0.2) is 9.97 Å². The van der Waals surface area contributed by atoms with Crippen LogP contribution in [0.5, 0.6) is 5.75 Å². The van der Waals surface area contributed by atoms with Gasteiger partial charge in [-0.1, -0.05) is 17.1 Å². The van der Waals surface area contributed by atoms with Crippen LogP contribution in [0.2, 0.25) is 5.02 Å². The molecule has 3 rings (SSSR count). The molecule has 0 saturated carbocycles. The molecule has 1 aromatic heterocycles. The zero-order valence-corrected chi connectivity index (χ0v) is 11.7. The van der Waals surface area contributed by atoms with Crippen LogP contribution in [0.3, 0.4) is 0 Å². The van der Waals surface area contributed by atoms with Gasteiger partial charge in [0.05, 0.1) is 18.5 Å². The van der Waals surface area contributed by atoms with Crippen LogP contribution in [0, 0.1) is 0 Å². The van der Waals surface area contributed by atoms with Crippen molar-refractivity contribution in [2.75, 3.05) is 12.8 Å². The van der Waals surface area contributed by atoms with Crippen molar-refractivity contribution in [1.29, 1.82) is 0 Å². The first-order chi connectivity index (χ1) is 9.60. The Labute approximate surface area is 122 Å². The lowest BCUT2D eigenvalue weighted by Crippen LogP contribution is -2.09. The van der Waals surface area contributed by atoms with Gasteiger partial charge in [0.25, 0.3) is 0 Å². The number of nitrogens with one attached hydrogen (secondary N) is 1. The van der Waals surface area contributed by atoms with Crippen molar-refractivity contribution in [1.82, 2.24) is 15.3 Å². The third kappa shape index (κ3) is 2.11. The zero-order valence-electron chi connectivity index (χ0n) is 10.9. The molecular formula is C13H12BClN4O. The Balaban J connectivity index is 2.24. The van der Waals surface area contributed by atoms with Crippen LogP contribution in [0.4, 0.5) is 5.95 Å². The molecule has 0 unspecified atom stereocenters. The van der Waals surface area contributed by atoms with Crippen LogP contribution in [0.1, 0.15) is 11.3 Å². The Bertz CT molecular complexity index is 693. The van der Waals surface area contributed by atoms with E-state index in [1.807, 2.05) is 0 Å². The fourth-order valence-corrected chi connectivity index (χ4v) is 2.60. The van der Waals surface area contributed by atoms with Gasteiger partial charge in [0.2, 0.25) is 5.95 Å². The lowest BCUT2D eigenvalue weighted by molar-refractivity contribution is 0.418. The summed E-state index contributed by atoms with van der Waals surface area (Å²) in [5, 5.41) is 3.74. The van der Waals surface area contributed by atoms with E-state index in [2.05, 4.69) is 15.3 Å². The minimum Gasteiger partial charge on any atom is -0.497 e. The SMILES string of the molecule is [B]c1cc(Cl)c(-c2nc(N)nc3c2CNC3)cc1OC. The predicted octanol–water partition coefficient (Wildman–Crippen LogP) is 0.785. The van der Waals surface area contributed by atoms with Crippen LogP contribution in [-0.2, 0) is 13.1 Å². The number of halogens is 1. The highest BCUT2D eigenvalue weighted by molar-refractivity contribution is 6.39. The van der Waals surface area contributed by atoms with Crippen LogP contribution < -0.4 is 21.3 Å². The summed E-state index contributed by atoms with van der Waals surface area (Å²) < 4.78 is 5.24. The fraction of sp³-hybridized carbons (Fsp3) is 0.231. The second-order valence-electron chi connectivity index (χ2n) is 4.53. The van der Waals surface area contributed by atoms with Crippen molar-refractivity contribution in [3.05, 3.63) is 28.4 Å². The van der Waals surface area contributed by atoms with Gasteiger partial charge in [0, 0.05) is 29.2 Å². The number of nitrogens with two attached hydrogens (primary N) is 1. The number of aromatic nitrogens is 2. The van der Waals surface area contributed by atoms with Crippen LogP contribution in [0.25, 0.3) is 11.3 Å². The van der Waals surface area contributed by atoms with Gasteiger partial charge in [-0.05, 0) is 12.1 Å². The minimum atomic E-state index is 0.231. The predicted molar refractivity (Wildman–Crippen MR) is 79.4 cm³/mol. The van der Waals surface area contributed by atoms with E-state index in [1.54, 1.807) is 19.2 Å². The Morgan fingerprint density at radius 2 is 2.15 bits per heavy atom. The van der Waals surface area contributed by atoms with E-state index in [4.69, 9.17) is 29.9 Å². The summed E-state index contributed by atoms with van der Waals surface area (Å²) in [6, 6.07) is 3.43. The molecule has 0 aliphatic carbocycles. The zero-order chi connectivity index (χ0) is 14.3. The average Bonchev–Trinajstić information content (AvgIpc) is 2.86. The van der Waals surface area contributed by atoms with E-state index in [9.17, 15) is 0 Å². The molecule has 1 aromatic carbocycles. The van der Waals surface area contributed by atoms with Crippen LogP contribution in [0.15, 0.2) is 12.1 Å². The Hall–Kier alpha value is -1.79. The van der Waals surface area contributed by atoms with Crippen molar-refractivity contribution in [3.8, 4) is 17.0 Å². The second-order valence-corrected chi connectivity index (χ2v) is 4.94. The molecule has 1 aliphatic rings. The van der Waals surface area contributed by atoms with Crippen LogP contribution in [-0.4, -0.2) is 24.9 Å². The smallest absolute Gasteiger partial charge is 0.220 e. The molecular weight excluding hydrogens is 274 g/mol. The van der Waals surface area contributed by atoms with Gasteiger partial charge in [0.15, 0.2) is 0 Å². The standard InChI is InChI=1S/C13H12BClN4O/c1-20-11-2-6(9(15)3-8(11)14)12-7-4-17-5-10(7)18-13(16)19-12/h2-3,17H,4-5H2,1H3,(H2,16,18,19). The highest BCUT2D eigenvalue weighted by Gasteiger charge is 2.21. The van der Waals surface area contributed by atoms with E-state index in [-0.39, 0.29) is 5.95 Å². The van der Waals surface area contributed by atoms with Gasteiger partial charge in [0.1, 0.15) is 13.6 Å². The molecule has 0 bridgehead atoms. The van der Waals surface area contributed by atoms with E-state index in [0.29, 0.717) is 29.3 Å². The van der Waals surface area contributed by atoms with Crippen molar-refractivity contribution >= 4 is 30.9 Å². The number of hydrogen-bond donors (Lipinski definition) is 2. The maximum Gasteiger partial charge on any atom is 0.220 e. The molecule has 0 saturated heterocycles. The molecule has 7 heteroatoms. The lowest BCUT2D eigenvalue weighted by Gasteiger charge is -2.13. The molecule has 2 heterocycles. The summed E-state index contributed by atoms with van der Waals surface area (Å²) in [6.07, 6.45) is 0. The van der Waals surface area contributed by atoms with Gasteiger partial charge >= 0.3 is 0 Å². The third-order valence-electron chi connectivity index (χ3n) is 3.28. The molecule has 20 heavy (non-hydrogen) atoms. The summed E-state index contributed by atoms with van der Waals surface area (Å²) in [4.78, 5) is 8.56. The van der Waals surface area contributed by atoms with Gasteiger partial charge < -0.3 is 15.8 Å². The lowest BCUT2D eigenvalue weighted by atomic mass is 9.92. The number of nitrogens with zero attached hydrogens (tertiary/aromatic N) is 2. The van der Waals surface area contributed by atoms with Crippen molar-refractivity contribution in [2.45, 2.75) is 13.1 Å². The molecule has 0 atom stereocenters. The molecule has 2 radical (unpaired) electrons. The first-order valence-corrected chi connectivity index (χ1v) is 6.47. The van der Waals surface area contributed by atoms with Crippen molar-refractivity contribution < 1.29 is 4.74 Å². The van der Waals surface area contributed by atoms with Gasteiger partial charge in [-0.15, -0.1) is 0 Å². The Morgan fingerprint density at radius 3 is 2.90 bits per heavy atom. The summed E-state index contributed by atoms with van der Waals surface area (Å²) in [5.41, 5.74) is 9.63. The number of ether oxygens (including phenoxy) is 1. The summed E-state index contributed by atoms with van der Waals surface area (Å²) in [5.74, 6) is 0.788. The maximum absolute atomic E-state index is 6.29. The molecule has 0 amide bonds. The number of methoxy groups -OCH3 is 1. The largest absolute Gasteiger partial charge is 0.497 e. The first-order valence-electron chi connectivity index (χ1n) is 6.09. The van der Waals surface area contributed by atoms with Crippen molar-refractivity contribution in [3.63, 3.8) is 0 Å². The highest BCUT2D eigenvalue weighted by atomic mass is 35.5. The van der Waals surface area contributed by atoms with E-state index in [0.717, 1.165) is 22.5 Å². The number of anilines is 1. The molecule has 100 valence electrons. The minimum absolute atomic E-state index is 0.231. The number of fused-ring (bicyclic) bond motifs is 1. The molecule has 2 aromatic rings. The quantitative estimate of drug-likeness (QED) is 0.798. The topological polar surface area (TPSA) is 73.1 Å². The molecule has 5 nitrogen and oxygen atoms in total. The molecule has 0 spiro atoms. The van der Waals surface area contributed by atoms with Gasteiger partial charge in [-0.2, -0.15) is 0 Å². The molecule has 3 N–H and O–H groups in total. The second kappa shape index (κ2) is 4.96. The van der Waals surface area contributed by atoms with E-state index in [1.165, 1.54) is 0 Å². The Morgan fingerprint density at radius 1 is 1.35 bits per heavy atom. The summed E-state index contributed by atoms with van der Waals surface area (Å²) >= 11 is 6.29. The van der Waals surface area contributed by atoms with Gasteiger partial charge in [-0.3, -0.25) is 0 Å². The van der Waals surface area contributed by atoms with Crippen LogP contribution >= 0.6 is 11.6 Å². The number of hydrogen-bond acceptors (Lipinski definition) is 5. The normalized spacial score (nSPS) is 13.3. The highest BCUT2D eigenvalue weighted by Crippen LogP contribution is 2.33. The Kier molecular flexibility index (Phi) is 3.27. The number of benzene rings is 1. The summed E-state index contributed by atoms with van der Waals surface area (Å²) in [7, 11) is 7.40. The molecule has 1 aliphatic heterocycles.